The first-order valence-electron chi connectivity index (χ1n) is 5.05. The number of rotatable bonds is 5. The van der Waals surface area contributed by atoms with Gasteiger partial charge in [-0.2, -0.15) is 0 Å². The van der Waals surface area contributed by atoms with Gasteiger partial charge in [0.15, 0.2) is 5.69 Å². The third-order valence-corrected chi connectivity index (χ3v) is 4.05. The molecule has 0 atom stereocenters. The Bertz CT molecular complexity index is 521. The van der Waals surface area contributed by atoms with Gasteiger partial charge < -0.3 is 10.4 Å². The van der Waals surface area contributed by atoms with Crippen molar-refractivity contribution in [1.29, 1.82) is 0 Å². The second-order valence-corrected chi connectivity index (χ2v) is 5.32. The Hall–Kier alpha value is -1.47. The lowest BCUT2D eigenvalue weighted by Gasteiger charge is -2.00. The van der Waals surface area contributed by atoms with Crippen molar-refractivity contribution < 1.29 is 9.90 Å². The van der Waals surface area contributed by atoms with Crippen LogP contribution in [0, 0.1) is 0 Å². The molecule has 2 rings (SSSR count). The van der Waals surface area contributed by atoms with E-state index in [0.29, 0.717) is 11.5 Å². The molecule has 17 heavy (non-hydrogen) atoms. The highest BCUT2D eigenvalue weighted by molar-refractivity contribution is 7.14. The highest BCUT2D eigenvalue weighted by Gasteiger charge is 2.13. The van der Waals surface area contributed by atoms with Crippen molar-refractivity contribution in [3.8, 4) is 0 Å². The fourth-order valence-corrected chi connectivity index (χ4v) is 2.75. The Morgan fingerprint density at radius 2 is 2.35 bits per heavy atom. The number of carboxylic acids is 1. The number of aromatic nitrogens is 2. The van der Waals surface area contributed by atoms with Crippen LogP contribution in [-0.4, -0.2) is 21.0 Å². The summed E-state index contributed by atoms with van der Waals surface area (Å²) in [6, 6.07) is 0. The van der Waals surface area contributed by atoms with E-state index in [1.54, 1.807) is 11.3 Å². The molecule has 2 aromatic rings. The minimum Gasteiger partial charge on any atom is -0.476 e. The highest BCUT2D eigenvalue weighted by Crippen LogP contribution is 2.22. The largest absolute Gasteiger partial charge is 0.476 e. The van der Waals surface area contributed by atoms with Crippen molar-refractivity contribution in [2.45, 2.75) is 19.9 Å². The summed E-state index contributed by atoms with van der Waals surface area (Å²) in [6.07, 6.45) is 2.82. The van der Waals surface area contributed by atoms with Gasteiger partial charge in [-0.3, -0.25) is 0 Å². The van der Waals surface area contributed by atoms with E-state index in [1.807, 2.05) is 6.20 Å². The van der Waals surface area contributed by atoms with Gasteiger partial charge in [0, 0.05) is 11.1 Å². The smallest absolute Gasteiger partial charge is 0.357 e. The summed E-state index contributed by atoms with van der Waals surface area (Å²) in [6.45, 7) is 2.61. The van der Waals surface area contributed by atoms with E-state index in [9.17, 15) is 4.79 Å². The zero-order valence-electron chi connectivity index (χ0n) is 9.14. The molecule has 0 fully saturated rings. The van der Waals surface area contributed by atoms with Gasteiger partial charge in [-0.25, -0.2) is 14.8 Å². The zero-order valence-corrected chi connectivity index (χ0v) is 10.8. The van der Waals surface area contributed by atoms with Gasteiger partial charge in [-0.1, -0.05) is 6.92 Å². The monoisotopic (exact) mass is 269 g/mol. The van der Waals surface area contributed by atoms with Crippen molar-refractivity contribution in [2.24, 2.45) is 0 Å². The average molecular weight is 269 g/mol. The predicted octanol–water partition coefficient (Wildman–Crippen LogP) is 2.47. The van der Waals surface area contributed by atoms with Gasteiger partial charge in [0.1, 0.15) is 10.0 Å². The number of anilines is 1. The molecule has 0 radical (unpaired) electrons. The van der Waals surface area contributed by atoms with Gasteiger partial charge >= 0.3 is 5.97 Å². The van der Waals surface area contributed by atoms with E-state index < -0.39 is 5.97 Å². The molecule has 2 heterocycles. The summed E-state index contributed by atoms with van der Waals surface area (Å²) < 4.78 is 0. The lowest BCUT2D eigenvalue weighted by molar-refractivity contribution is 0.0692. The maximum Gasteiger partial charge on any atom is 0.357 e. The Balaban J connectivity index is 2.02. The number of aromatic carboxylic acids is 1. The number of carbonyl (C=O) groups is 1. The van der Waals surface area contributed by atoms with Gasteiger partial charge in [-0.05, 0) is 6.42 Å². The minimum absolute atomic E-state index is 0.0715. The number of hydrogen-bond acceptors (Lipinski definition) is 6. The molecule has 7 heteroatoms. The summed E-state index contributed by atoms with van der Waals surface area (Å²) in [5, 5.41) is 13.5. The maximum absolute atomic E-state index is 10.8. The molecule has 0 amide bonds. The molecule has 0 saturated heterocycles. The maximum atomic E-state index is 10.8. The van der Waals surface area contributed by atoms with Crippen LogP contribution in [0.2, 0.25) is 0 Å². The van der Waals surface area contributed by atoms with Gasteiger partial charge in [0.25, 0.3) is 0 Å². The third-order valence-electron chi connectivity index (χ3n) is 2.12. The van der Waals surface area contributed by atoms with Crippen molar-refractivity contribution in [3.05, 3.63) is 27.3 Å². The normalized spacial score (nSPS) is 10.4. The first-order chi connectivity index (χ1) is 8.20. The molecule has 0 aliphatic heterocycles. The number of thiazole rings is 2. The molecule has 0 aromatic carbocycles. The van der Waals surface area contributed by atoms with Crippen molar-refractivity contribution >= 4 is 33.6 Å². The molecular formula is C10H11N3O2S2. The van der Waals surface area contributed by atoms with Crippen molar-refractivity contribution in [1.82, 2.24) is 9.97 Å². The van der Waals surface area contributed by atoms with Crippen molar-refractivity contribution in [2.75, 3.05) is 5.32 Å². The third kappa shape index (κ3) is 2.80. The topological polar surface area (TPSA) is 75.1 Å². The number of carboxylic acid groups (broad SMARTS) is 1. The average Bonchev–Trinajstić information content (AvgIpc) is 2.95. The number of nitrogens with one attached hydrogen (secondary N) is 1. The Morgan fingerprint density at radius 3 is 3.00 bits per heavy atom. The van der Waals surface area contributed by atoms with Crippen LogP contribution in [0.25, 0.3) is 0 Å². The van der Waals surface area contributed by atoms with Crippen LogP contribution in [0.15, 0.2) is 11.7 Å². The van der Waals surface area contributed by atoms with Crippen LogP contribution >= 0.6 is 22.7 Å². The summed E-state index contributed by atoms with van der Waals surface area (Å²) in [5.41, 5.74) is 1.59. The number of aryl methyl sites for hydroxylation is 1. The SMILES string of the molecule is CCc1cnc(CNc2scnc2C(=O)O)s1. The van der Waals surface area contributed by atoms with Gasteiger partial charge in [-0.15, -0.1) is 22.7 Å². The van der Waals surface area contributed by atoms with Crippen LogP contribution in [0.4, 0.5) is 5.00 Å². The zero-order chi connectivity index (χ0) is 12.3. The first kappa shape index (κ1) is 12.0. The molecule has 0 aliphatic carbocycles. The molecule has 0 unspecified atom stereocenters. The lowest BCUT2D eigenvalue weighted by Crippen LogP contribution is -2.04. The molecule has 2 aromatic heterocycles. The second-order valence-electron chi connectivity index (χ2n) is 3.26. The molecular weight excluding hydrogens is 258 g/mol. The van der Waals surface area contributed by atoms with Gasteiger partial charge in [0.2, 0.25) is 0 Å². The Morgan fingerprint density at radius 1 is 1.53 bits per heavy atom. The molecule has 0 saturated carbocycles. The van der Waals surface area contributed by atoms with E-state index in [2.05, 4.69) is 22.2 Å². The molecule has 90 valence electrons. The quantitative estimate of drug-likeness (QED) is 0.872. The lowest BCUT2D eigenvalue weighted by atomic mass is 10.4. The van der Waals surface area contributed by atoms with Crippen LogP contribution in [0.3, 0.4) is 0 Å². The molecule has 2 N–H and O–H groups in total. The molecule has 0 bridgehead atoms. The highest BCUT2D eigenvalue weighted by atomic mass is 32.1. The van der Waals surface area contributed by atoms with Crippen LogP contribution in [-0.2, 0) is 13.0 Å². The van der Waals surface area contributed by atoms with Crippen LogP contribution in [0.1, 0.15) is 27.3 Å². The van der Waals surface area contributed by atoms with Crippen molar-refractivity contribution in [3.63, 3.8) is 0 Å². The molecule has 0 aliphatic rings. The number of nitrogens with zero attached hydrogens (tertiary/aromatic N) is 2. The standard InChI is InChI=1S/C10H11N3O2S2/c1-2-6-3-11-7(17-6)4-12-9-8(10(14)15)13-5-16-9/h3,5,12H,2,4H2,1H3,(H,14,15). The Labute approximate surface area is 106 Å². The van der Waals surface area contributed by atoms with E-state index >= 15 is 0 Å². The van der Waals surface area contributed by atoms with E-state index in [4.69, 9.17) is 5.11 Å². The Kier molecular flexibility index (Phi) is 3.70. The minimum atomic E-state index is -1.01. The summed E-state index contributed by atoms with van der Waals surface area (Å²) in [5.74, 6) is -1.01. The van der Waals surface area contributed by atoms with Crippen LogP contribution in [0.5, 0.6) is 0 Å². The predicted molar refractivity (Wildman–Crippen MR) is 67.9 cm³/mol. The van der Waals surface area contributed by atoms with E-state index in [-0.39, 0.29) is 5.69 Å². The van der Waals surface area contributed by atoms with E-state index in [1.165, 1.54) is 21.7 Å². The summed E-state index contributed by atoms with van der Waals surface area (Å²) in [7, 11) is 0. The van der Waals surface area contributed by atoms with Gasteiger partial charge in [0.05, 0.1) is 12.1 Å². The van der Waals surface area contributed by atoms with Crippen LogP contribution < -0.4 is 5.32 Å². The number of hydrogen-bond donors (Lipinski definition) is 2. The summed E-state index contributed by atoms with van der Waals surface area (Å²) >= 11 is 2.92. The summed E-state index contributed by atoms with van der Waals surface area (Å²) in [4.78, 5) is 20.1. The second kappa shape index (κ2) is 5.24. The van der Waals surface area contributed by atoms with E-state index in [0.717, 1.165) is 11.4 Å². The molecule has 5 nitrogen and oxygen atoms in total. The molecule has 0 spiro atoms. The fraction of sp³-hybridized carbons (Fsp3) is 0.300. The fourth-order valence-electron chi connectivity index (χ4n) is 1.27. The first-order valence-corrected chi connectivity index (χ1v) is 6.74.